The highest BCUT2D eigenvalue weighted by Crippen LogP contribution is 2.35. The highest BCUT2D eigenvalue weighted by atomic mass is 16.5. The van der Waals surface area contributed by atoms with Crippen LogP contribution in [0.1, 0.15) is 42.4 Å². The predicted octanol–water partition coefficient (Wildman–Crippen LogP) is 2.52. The number of hydrogen-bond acceptors (Lipinski definition) is 5. The molecule has 0 spiro atoms. The Kier molecular flexibility index (Phi) is 7.91. The first-order valence-corrected chi connectivity index (χ1v) is 11.3. The molecule has 0 saturated heterocycles. The minimum atomic E-state index is -1.14. The van der Waals surface area contributed by atoms with Gasteiger partial charge in [0.15, 0.2) is 6.61 Å². The standard InChI is InChI=1S/C26H29N3O6/c1-4-17-22(24(31)25(27)32)21-18(29(17)13-16-9-6-5-7-10-16)11-8-12-19(21)35-14-20(30)28-23(15(2)3)26(33)34/h5-12,15,23H,4,13-14H2,1-3H3,(H2,27,32)(H,28,30)(H,33,34). The van der Waals surface area contributed by atoms with Gasteiger partial charge in [-0.2, -0.15) is 0 Å². The van der Waals surface area contributed by atoms with Gasteiger partial charge in [-0.05, 0) is 30.0 Å². The van der Waals surface area contributed by atoms with Gasteiger partial charge < -0.3 is 25.5 Å². The number of nitrogens with two attached hydrogens (primary N) is 1. The zero-order valence-corrected chi connectivity index (χ0v) is 19.9. The number of hydrogen-bond donors (Lipinski definition) is 3. The Labute approximate surface area is 202 Å². The third-order valence-electron chi connectivity index (χ3n) is 5.74. The van der Waals surface area contributed by atoms with Gasteiger partial charge in [0.1, 0.15) is 11.8 Å². The number of carboxylic acids is 1. The van der Waals surface area contributed by atoms with Gasteiger partial charge in [-0.3, -0.25) is 14.4 Å². The molecule has 0 aliphatic carbocycles. The van der Waals surface area contributed by atoms with Crippen LogP contribution < -0.4 is 15.8 Å². The van der Waals surface area contributed by atoms with Gasteiger partial charge in [-0.1, -0.05) is 57.2 Å². The number of carbonyl (C=O) groups excluding carboxylic acids is 3. The maximum atomic E-state index is 12.9. The van der Waals surface area contributed by atoms with Crippen LogP contribution in [0.15, 0.2) is 48.5 Å². The maximum Gasteiger partial charge on any atom is 0.326 e. The highest BCUT2D eigenvalue weighted by molar-refractivity contribution is 6.45. The summed E-state index contributed by atoms with van der Waals surface area (Å²) in [7, 11) is 0. The zero-order valence-electron chi connectivity index (χ0n) is 19.9. The third-order valence-corrected chi connectivity index (χ3v) is 5.74. The number of amides is 2. The van der Waals surface area contributed by atoms with Crippen LogP contribution >= 0.6 is 0 Å². The number of ketones is 1. The van der Waals surface area contributed by atoms with Crippen molar-refractivity contribution in [3.05, 3.63) is 65.4 Å². The van der Waals surface area contributed by atoms with Crippen molar-refractivity contribution in [2.75, 3.05) is 6.61 Å². The van der Waals surface area contributed by atoms with Gasteiger partial charge in [0.05, 0.1) is 16.5 Å². The number of fused-ring (bicyclic) bond motifs is 1. The number of rotatable bonds is 11. The number of ether oxygens (including phenoxy) is 1. The summed E-state index contributed by atoms with van der Waals surface area (Å²) in [5, 5.41) is 12.1. The van der Waals surface area contributed by atoms with E-state index in [4.69, 9.17) is 10.5 Å². The molecule has 1 aromatic heterocycles. The predicted molar refractivity (Wildman–Crippen MR) is 130 cm³/mol. The topological polar surface area (TPSA) is 141 Å². The molecular weight excluding hydrogens is 450 g/mol. The number of benzene rings is 2. The summed E-state index contributed by atoms with van der Waals surface area (Å²) in [6, 6.07) is 13.7. The smallest absolute Gasteiger partial charge is 0.326 e. The lowest BCUT2D eigenvalue weighted by molar-refractivity contribution is -0.143. The van der Waals surface area contributed by atoms with Crippen LogP contribution in [0.3, 0.4) is 0 Å². The minimum Gasteiger partial charge on any atom is -0.483 e. The summed E-state index contributed by atoms with van der Waals surface area (Å²) in [5.74, 6) is -3.79. The monoisotopic (exact) mass is 479 g/mol. The number of aromatic nitrogens is 1. The average Bonchev–Trinajstić information content (AvgIpc) is 3.14. The molecule has 35 heavy (non-hydrogen) atoms. The Morgan fingerprint density at radius 1 is 1.06 bits per heavy atom. The number of primary amides is 1. The van der Waals surface area contributed by atoms with Crippen LogP contribution in [0.5, 0.6) is 5.75 Å². The Balaban J connectivity index is 2.05. The summed E-state index contributed by atoms with van der Waals surface area (Å²) in [6.07, 6.45) is 0.449. The molecule has 1 heterocycles. The largest absolute Gasteiger partial charge is 0.483 e. The second kappa shape index (κ2) is 10.9. The van der Waals surface area contributed by atoms with E-state index in [0.29, 0.717) is 29.6 Å². The number of carbonyl (C=O) groups is 4. The molecule has 9 heteroatoms. The van der Waals surface area contributed by atoms with Crippen molar-refractivity contribution in [3.8, 4) is 5.75 Å². The van der Waals surface area contributed by atoms with Crippen molar-refractivity contribution >= 4 is 34.5 Å². The van der Waals surface area contributed by atoms with Crippen LogP contribution in [-0.2, 0) is 27.3 Å². The quantitative estimate of drug-likeness (QED) is 0.285. The van der Waals surface area contributed by atoms with Crippen molar-refractivity contribution < 1.29 is 29.0 Å². The second-order valence-corrected chi connectivity index (χ2v) is 8.51. The van der Waals surface area contributed by atoms with Crippen LogP contribution in [-0.4, -0.2) is 45.9 Å². The van der Waals surface area contributed by atoms with E-state index in [0.717, 1.165) is 5.56 Å². The molecule has 1 atom stereocenters. The Morgan fingerprint density at radius 3 is 2.31 bits per heavy atom. The first-order valence-electron chi connectivity index (χ1n) is 11.3. The van der Waals surface area contributed by atoms with E-state index in [9.17, 15) is 24.3 Å². The van der Waals surface area contributed by atoms with Crippen LogP contribution in [0.25, 0.3) is 10.9 Å². The molecule has 3 aromatic rings. The second-order valence-electron chi connectivity index (χ2n) is 8.51. The molecule has 0 aliphatic rings. The fraction of sp³-hybridized carbons (Fsp3) is 0.308. The van der Waals surface area contributed by atoms with E-state index >= 15 is 0 Å². The van der Waals surface area contributed by atoms with Crippen LogP contribution in [0.4, 0.5) is 0 Å². The van der Waals surface area contributed by atoms with E-state index in [2.05, 4.69) is 5.32 Å². The van der Waals surface area contributed by atoms with Gasteiger partial charge in [-0.15, -0.1) is 0 Å². The Hall–Kier alpha value is -4.14. The summed E-state index contributed by atoms with van der Waals surface area (Å²) in [4.78, 5) is 48.6. The number of nitrogens with one attached hydrogen (secondary N) is 1. The summed E-state index contributed by atoms with van der Waals surface area (Å²) in [5.41, 5.74) is 7.79. The molecule has 0 radical (unpaired) electrons. The number of aliphatic carboxylic acids is 1. The van der Waals surface area contributed by atoms with E-state index in [1.165, 1.54) is 0 Å². The molecule has 4 N–H and O–H groups in total. The van der Waals surface area contributed by atoms with E-state index in [1.54, 1.807) is 32.0 Å². The molecular formula is C26H29N3O6. The number of nitrogens with zero attached hydrogens (tertiary/aromatic N) is 1. The van der Waals surface area contributed by atoms with Gasteiger partial charge in [0.25, 0.3) is 17.6 Å². The van der Waals surface area contributed by atoms with Gasteiger partial charge in [-0.25, -0.2) is 4.79 Å². The molecule has 0 saturated carbocycles. The molecule has 0 fully saturated rings. The summed E-state index contributed by atoms with van der Waals surface area (Å²) in [6.45, 7) is 5.23. The lowest BCUT2D eigenvalue weighted by Crippen LogP contribution is -2.46. The molecule has 1 unspecified atom stereocenters. The van der Waals surface area contributed by atoms with Crippen LogP contribution in [0.2, 0.25) is 0 Å². The van der Waals surface area contributed by atoms with Crippen molar-refractivity contribution in [1.82, 2.24) is 9.88 Å². The molecule has 0 aliphatic heterocycles. The lowest BCUT2D eigenvalue weighted by atomic mass is 10.0. The van der Waals surface area contributed by atoms with Gasteiger partial charge >= 0.3 is 5.97 Å². The lowest BCUT2D eigenvalue weighted by Gasteiger charge is -2.18. The first-order chi connectivity index (χ1) is 16.6. The fourth-order valence-electron chi connectivity index (χ4n) is 4.09. The molecule has 9 nitrogen and oxygen atoms in total. The number of Topliss-reactive ketones (excluding diaryl/α,β-unsaturated/α-hetero) is 1. The maximum absolute atomic E-state index is 12.9. The Morgan fingerprint density at radius 2 is 1.74 bits per heavy atom. The Bertz CT molecular complexity index is 1260. The van der Waals surface area contributed by atoms with E-state index in [-0.39, 0.29) is 17.2 Å². The van der Waals surface area contributed by atoms with E-state index in [1.807, 2.05) is 41.8 Å². The molecule has 2 aromatic carbocycles. The molecule has 0 bridgehead atoms. The SMILES string of the molecule is CCc1c(C(=O)C(N)=O)c2c(OCC(=O)NC(C(=O)O)C(C)C)cccc2n1Cc1ccccc1. The van der Waals surface area contributed by atoms with Crippen molar-refractivity contribution in [2.24, 2.45) is 11.7 Å². The van der Waals surface area contributed by atoms with Gasteiger partial charge in [0, 0.05) is 12.2 Å². The van der Waals surface area contributed by atoms with E-state index < -0.39 is 36.2 Å². The average molecular weight is 480 g/mol. The summed E-state index contributed by atoms with van der Waals surface area (Å²) < 4.78 is 7.69. The van der Waals surface area contributed by atoms with Crippen molar-refractivity contribution in [3.63, 3.8) is 0 Å². The van der Waals surface area contributed by atoms with Crippen LogP contribution in [0, 0.1) is 5.92 Å². The minimum absolute atomic E-state index is 0.146. The zero-order chi connectivity index (χ0) is 25.7. The third kappa shape index (κ3) is 5.51. The fourth-order valence-corrected chi connectivity index (χ4v) is 4.09. The molecule has 184 valence electrons. The summed E-state index contributed by atoms with van der Waals surface area (Å²) >= 11 is 0. The highest BCUT2D eigenvalue weighted by Gasteiger charge is 2.28. The molecule has 2 amide bonds. The van der Waals surface area contributed by atoms with Gasteiger partial charge in [0.2, 0.25) is 0 Å². The molecule has 3 rings (SSSR count). The normalized spacial score (nSPS) is 11.9. The van der Waals surface area contributed by atoms with Crippen molar-refractivity contribution in [1.29, 1.82) is 0 Å². The number of carboxylic acid groups (broad SMARTS) is 1. The van der Waals surface area contributed by atoms with Crippen molar-refractivity contribution in [2.45, 2.75) is 39.8 Å². The first kappa shape index (κ1) is 25.5.